The average molecular weight is 202 g/mol. The van der Waals surface area contributed by atoms with Gasteiger partial charge in [0.25, 0.3) is 0 Å². The molecule has 0 aromatic heterocycles. The molecule has 0 heterocycles. The standard InChI is InChI=1S/C10H18O2S/c1-12-10(11)7-4-8-13-9-5-2-3-6-9/h9H,2-8H2,1H3. The first-order valence-corrected chi connectivity index (χ1v) is 6.06. The highest BCUT2D eigenvalue weighted by atomic mass is 32.2. The first kappa shape index (κ1) is 10.9. The van der Waals surface area contributed by atoms with E-state index in [2.05, 4.69) is 4.74 Å². The molecule has 0 aromatic carbocycles. The molecular formula is C10H18O2S. The Morgan fingerprint density at radius 3 is 2.77 bits per heavy atom. The van der Waals surface area contributed by atoms with Crippen LogP contribution in [0.25, 0.3) is 0 Å². The van der Waals surface area contributed by atoms with Gasteiger partial charge in [-0.2, -0.15) is 11.8 Å². The Kier molecular flexibility index (Phi) is 5.28. The van der Waals surface area contributed by atoms with Crippen LogP contribution in [0.1, 0.15) is 38.5 Å². The summed E-state index contributed by atoms with van der Waals surface area (Å²) in [4.78, 5) is 10.8. The van der Waals surface area contributed by atoms with Crippen LogP contribution in [0.3, 0.4) is 0 Å². The van der Waals surface area contributed by atoms with Gasteiger partial charge in [-0.3, -0.25) is 4.79 Å². The van der Waals surface area contributed by atoms with Crippen LogP contribution < -0.4 is 0 Å². The molecule has 0 N–H and O–H groups in total. The van der Waals surface area contributed by atoms with Gasteiger partial charge in [-0.1, -0.05) is 12.8 Å². The number of thioether (sulfide) groups is 1. The molecule has 1 aliphatic carbocycles. The van der Waals surface area contributed by atoms with Crippen molar-refractivity contribution in [3.8, 4) is 0 Å². The van der Waals surface area contributed by atoms with Crippen LogP contribution >= 0.6 is 11.8 Å². The largest absolute Gasteiger partial charge is 0.469 e. The first-order chi connectivity index (χ1) is 6.33. The fraction of sp³-hybridized carbons (Fsp3) is 0.900. The number of hydrogen-bond donors (Lipinski definition) is 0. The third kappa shape index (κ3) is 4.55. The molecule has 0 spiro atoms. The van der Waals surface area contributed by atoms with Crippen molar-refractivity contribution in [1.29, 1.82) is 0 Å². The SMILES string of the molecule is COC(=O)CCCSC1CCCC1. The number of methoxy groups -OCH3 is 1. The molecule has 0 atom stereocenters. The van der Waals surface area contributed by atoms with Gasteiger partial charge in [0.2, 0.25) is 0 Å². The molecule has 1 rings (SSSR count). The second kappa shape index (κ2) is 6.30. The van der Waals surface area contributed by atoms with Crippen molar-refractivity contribution in [2.75, 3.05) is 12.9 Å². The Hall–Kier alpha value is -0.180. The normalized spacial score (nSPS) is 17.6. The summed E-state index contributed by atoms with van der Waals surface area (Å²) in [7, 11) is 1.45. The molecule has 1 aliphatic rings. The molecule has 1 saturated carbocycles. The second-order valence-corrected chi connectivity index (χ2v) is 4.87. The van der Waals surface area contributed by atoms with Gasteiger partial charge < -0.3 is 4.74 Å². The topological polar surface area (TPSA) is 26.3 Å². The Bertz CT molecular complexity index is 153. The van der Waals surface area contributed by atoms with E-state index >= 15 is 0 Å². The molecular weight excluding hydrogens is 184 g/mol. The zero-order chi connectivity index (χ0) is 9.52. The molecule has 2 nitrogen and oxygen atoms in total. The lowest BCUT2D eigenvalue weighted by atomic mass is 10.3. The number of ether oxygens (including phenoxy) is 1. The Labute approximate surface area is 84.4 Å². The third-order valence-electron chi connectivity index (χ3n) is 2.41. The number of hydrogen-bond acceptors (Lipinski definition) is 3. The Morgan fingerprint density at radius 2 is 2.15 bits per heavy atom. The molecule has 0 bridgehead atoms. The summed E-state index contributed by atoms with van der Waals surface area (Å²) < 4.78 is 4.57. The fourth-order valence-corrected chi connectivity index (χ4v) is 2.93. The summed E-state index contributed by atoms with van der Waals surface area (Å²) in [5.74, 6) is 1.03. The van der Waals surface area contributed by atoms with E-state index in [1.807, 2.05) is 11.8 Å². The lowest BCUT2D eigenvalue weighted by Crippen LogP contribution is -2.02. The second-order valence-electron chi connectivity index (χ2n) is 3.46. The van der Waals surface area contributed by atoms with Crippen LogP contribution in [-0.2, 0) is 9.53 Å². The molecule has 1 fully saturated rings. The first-order valence-electron chi connectivity index (χ1n) is 5.01. The van der Waals surface area contributed by atoms with Gasteiger partial charge in [0.1, 0.15) is 0 Å². The number of carbonyl (C=O) groups excluding carboxylic acids is 1. The average Bonchev–Trinajstić information content (AvgIpc) is 2.64. The van der Waals surface area contributed by atoms with Gasteiger partial charge in [0.05, 0.1) is 7.11 Å². The summed E-state index contributed by atoms with van der Waals surface area (Å²) >= 11 is 2.03. The predicted molar refractivity (Wildman–Crippen MR) is 56.0 cm³/mol. The van der Waals surface area contributed by atoms with Crippen LogP contribution in [-0.4, -0.2) is 24.1 Å². The minimum Gasteiger partial charge on any atom is -0.469 e. The van der Waals surface area contributed by atoms with Crippen molar-refractivity contribution in [2.24, 2.45) is 0 Å². The summed E-state index contributed by atoms with van der Waals surface area (Å²) in [6, 6.07) is 0. The van der Waals surface area contributed by atoms with Crippen LogP contribution in [0.5, 0.6) is 0 Å². The number of esters is 1. The van der Waals surface area contributed by atoms with E-state index < -0.39 is 0 Å². The van der Waals surface area contributed by atoms with Gasteiger partial charge in [-0.25, -0.2) is 0 Å². The van der Waals surface area contributed by atoms with Crippen molar-refractivity contribution in [3.05, 3.63) is 0 Å². The van der Waals surface area contributed by atoms with Gasteiger partial charge in [-0.05, 0) is 25.0 Å². The van der Waals surface area contributed by atoms with E-state index in [0.29, 0.717) is 6.42 Å². The fourth-order valence-electron chi connectivity index (χ4n) is 1.62. The van der Waals surface area contributed by atoms with Crippen LogP contribution in [0.15, 0.2) is 0 Å². The van der Waals surface area contributed by atoms with Crippen LogP contribution in [0.2, 0.25) is 0 Å². The predicted octanol–water partition coefficient (Wildman–Crippen LogP) is 2.62. The molecule has 0 amide bonds. The maximum Gasteiger partial charge on any atom is 0.305 e. The van der Waals surface area contributed by atoms with E-state index in [1.54, 1.807) is 0 Å². The molecule has 0 aromatic rings. The summed E-state index contributed by atoms with van der Waals surface area (Å²) in [6.07, 6.45) is 7.10. The van der Waals surface area contributed by atoms with E-state index in [1.165, 1.54) is 32.8 Å². The highest BCUT2D eigenvalue weighted by molar-refractivity contribution is 7.99. The molecule has 76 valence electrons. The summed E-state index contributed by atoms with van der Waals surface area (Å²) in [5, 5.41) is 0.873. The highest BCUT2D eigenvalue weighted by Gasteiger charge is 2.14. The van der Waals surface area contributed by atoms with Gasteiger partial charge in [0, 0.05) is 11.7 Å². The maximum atomic E-state index is 10.8. The summed E-state index contributed by atoms with van der Waals surface area (Å²) in [5.41, 5.74) is 0. The van der Waals surface area contributed by atoms with Crippen LogP contribution in [0.4, 0.5) is 0 Å². The van der Waals surface area contributed by atoms with E-state index in [-0.39, 0.29) is 5.97 Å². The molecule has 0 unspecified atom stereocenters. The lowest BCUT2D eigenvalue weighted by Gasteiger charge is -2.07. The highest BCUT2D eigenvalue weighted by Crippen LogP contribution is 2.29. The van der Waals surface area contributed by atoms with E-state index in [4.69, 9.17) is 0 Å². The smallest absolute Gasteiger partial charge is 0.305 e. The number of carbonyl (C=O) groups is 1. The minimum atomic E-state index is -0.0768. The third-order valence-corrected chi connectivity index (χ3v) is 3.88. The van der Waals surface area contributed by atoms with Gasteiger partial charge >= 0.3 is 5.97 Å². The number of rotatable bonds is 5. The quantitative estimate of drug-likeness (QED) is 0.506. The molecule has 13 heavy (non-hydrogen) atoms. The Balaban J connectivity index is 1.91. The van der Waals surface area contributed by atoms with Gasteiger partial charge in [-0.15, -0.1) is 0 Å². The lowest BCUT2D eigenvalue weighted by molar-refractivity contribution is -0.140. The maximum absolute atomic E-state index is 10.8. The van der Waals surface area contributed by atoms with Crippen molar-refractivity contribution >= 4 is 17.7 Å². The monoisotopic (exact) mass is 202 g/mol. The van der Waals surface area contributed by atoms with Gasteiger partial charge in [0.15, 0.2) is 0 Å². The van der Waals surface area contributed by atoms with Crippen molar-refractivity contribution in [3.63, 3.8) is 0 Å². The molecule has 0 aliphatic heterocycles. The van der Waals surface area contributed by atoms with Crippen LogP contribution in [0, 0.1) is 0 Å². The zero-order valence-corrected chi connectivity index (χ0v) is 9.07. The summed E-state index contributed by atoms with van der Waals surface area (Å²) in [6.45, 7) is 0. The minimum absolute atomic E-state index is 0.0768. The Morgan fingerprint density at radius 1 is 1.46 bits per heavy atom. The van der Waals surface area contributed by atoms with Crippen molar-refractivity contribution in [1.82, 2.24) is 0 Å². The van der Waals surface area contributed by atoms with E-state index in [0.717, 1.165) is 17.4 Å². The molecule has 0 saturated heterocycles. The molecule has 0 radical (unpaired) electrons. The zero-order valence-electron chi connectivity index (χ0n) is 8.25. The molecule has 3 heteroatoms. The van der Waals surface area contributed by atoms with E-state index in [9.17, 15) is 4.79 Å². The van der Waals surface area contributed by atoms with Crippen molar-refractivity contribution < 1.29 is 9.53 Å². The van der Waals surface area contributed by atoms with Crippen molar-refractivity contribution in [2.45, 2.75) is 43.8 Å².